The summed E-state index contributed by atoms with van der Waals surface area (Å²) in [5, 5.41) is 11.1. The van der Waals surface area contributed by atoms with Crippen LogP contribution in [0.2, 0.25) is 0 Å². The Bertz CT molecular complexity index is 1070. The Morgan fingerprint density at radius 1 is 1.27 bits per heavy atom. The number of benzene rings is 1. The van der Waals surface area contributed by atoms with Gasteiger partial charge in [-0.3, -0.25) is 4.79 Å². The van der Waals surface area contributed by atoms with E-state index in [1.165, 1.54) is 11.8 Å². The molecule has 0 radical (unpaired) electrons. The summed E-state index contributed by atoms with van der Waals surface area (Å²) in [6.45, 7) is 3.84. The van der Waals surface area contributed by atoms with Gasteiger partial charge in [0, 0.05) is 10.3 Å². The molecule has 3 heterocycles. The summed E-state index contributed by atoms with van der Waals surface area (Å²) >= 11 is 3.00. The van der Waals surface area contributed by atoms with Gasteiger partial charge in [-0.05, 0) is 37.4 Å². The van der Waals surface area contributed by atoms with E-state index >= 15 is 0 Å². The molecule has 4 rings (SSSR count). The molecule has 0 spiro atoms. The molecule has 0 saturated carbocycles. The summed E-state index contributed by atoms with van der Waals surface area (Å²) in [5.74, 6) is 0.923. The van der Waals surface area contributed by atoms with E-state index < -0.39 is 0 Å². The van der Waals surface area contributed by atoms with E-state index in [0.717, 1.165) is 21.4 Å². The van der Waals surface area contributed by atoms with Crippen LogP contribution in [0.15, 0.2) is 46.9 Å². The lowest BCUT2D eigenvalue weighted by molar-refractivity contribution is -0.119. The largest absolute Gasteiger partial charge is 0.348 e. The predicted molar refractivity (Wildman–Crippen MR) is 105 cm³/mol. The zero-order valence-electron chi connectivity index (χ0n) is 14.3. The number of hydrogen-bond donors (Lipinski definition) is 1. The maximum atomic E-state index is 12.3. The lowest BCUT2D eigenvalue weighted by Gasteiger charge is -2.12. The summed E-state index contributed by atoms with van der Waals surface area (Å²) in [6, 6.07) is 11.8. The number of nitrogens with one attached hydrogen (secondary N) is 1. The van der Waals surface area contributed by atoms with Crippen LogP contribution in [-0.4, -0.2) is 31.2 Å². The van der Waals surface area contributed by atoms with Crippen molar-refractivity contribution in [3.63, 3.8) is 0 Å². The van der Waals surface area contributed by atoms with Crippen LogP contribution in [0.25, 0.3) is 16.6 Å². The molecular formula is C18H17N5OS2. The quantitative estimate of drug-likeness (QED) is 0.421. The van der Waals surface area contributed by atoms with E-state index in [1.54, 1.807) is 15.9 Å². The molecule has 1 N–H and O–H groups in total. The third-order valence-corrected chi connectivity index (χ3v) is 5.92. The number of rotatable bonds is 5. The van der Waals surface area contributed by atoms with Gasteiger partial charge in [-0.1, -0.05) is 30.0 Å². The molecule has 1 atom stereocenters. The van der Waals surface area contributed by atoms with Crippen molar-refractivity contribution >= 4 is 45.6 Å². The minimum absolute atomic E-state index is 0.00120. The standard InChI is InChI=1S/C18H17N5OS2/c1-11(15-8-5-9-25-15)19-16(24)10-26-18-21-14-7-4-3-6-13(14)17-20-12(2)22-23(17)18/h3-9,11H,10H2,1-2H3,(H,19,24). The number of thioether (sulfide) groups is 1. The molecule has 0 bridgehead atoms. The molecule has 0 saturated heterocycles. The molecule has 6 nitrogen and oxygen atoms in total. The topological polar surface area (TPSA) is 72.2 Å². The highest BCUT2D eigenvalue weighted by atomic mass is 32.2. The van der Waals surface area contributed by atoms with Crippen molar-refractivity contribution in [2.75, 3.05) is 5.75 Å². The first kappa shape index (κ1) is 17.0. The molecule has 0 aliphatic rings. The molecule has 132 valence electrons. The van der Waals surface area contributed by atoms with E-state index in [9.17, 15) is 4.79 Å². The zero-order chi connectivity index (χ0) is 18.1. The highest BCUT2D eigenvalue weighted by Crippen LogP contribution is 2.24. The number of thiophene rings is 1. The first-order valence-electron chi connectivity index (χ1n) is 8.19. The van der Waals surface area contributed by atoms with Crippen molar-refractivity contribution in [3.8, 4) is 0 Å². The second-order valence-corrected chi connectivity index (χ2v) is 7.82. The van der Waals surface area contributed by atoms with Crippen molar-refractivity contribution in [3.05, 3.63) is 52.5 Å². The van der Waals surface area contributed by atoms with Gasteiger partial charge < -0.3 is 5.32 Å². The van der Waals surface area contributed by atoms with Crippen molar-refractivity contribution in [1.82, 2.24) is 24.9 Å². The first-order valence-corrected chi connectivity index (χ1v) is 10.1. The molecular weight excluding hydrogens is 366 g/mol. The SMILES string of the molecule is Cc1nc2c3ccccc3nc(SCC(=O)NC(C)c3cccs3)n2n1. The number of hydrogen-bond acceptors (Lipinski definition) is 6. The fraction of sp³-hybridized carbons (Fsp3) is 0.222. The van der Waals surface area contributed by atoms with E-state index in [2.05, 4.69) is 20.4 Å². The van der Waals surface area contributed by atoms with Gasteiger partial charge in [0.1, 0.15) is 5.82 Å². The Hall–Kier alpha value is -2.45. The fourth-order valence-electron chi connectivity index (χ4n) is 2.75. The van der Waals surface area contributed by atoms with Crippen LogP contribution in [0, 0.1) is 6.92 Å². The summed E-state index contributed by atoms with van der Waals surface area (Å²) < 4.78 is 1.72. The first-order chi connectivity index (χ1) is 12.6. The number of amides is 1. The van der Waals surface area contributed by atoms with E-state index in [-0.39, 0.29) is 17.7 Å². The van der Waals surface area contributed by atoms with Gasteiger partial charge in [-0.2, -0.15) is 4.52 Å². The molecule has 0 fully saturated rings. The number of nitrogens with zero attached hydrogens (tertiary/aromatic N) is 4. The van der Waals surface area contributed by atoms with Gasteiger partial charge in [-0.15, -0.1) is 16.4 Å². The monoisotopic (exact) mass is 383 g/mol. The average Bonchev–Trinajstić information content (AvgIpc) is 3.29. The van der Waals surface area contributed by atoms with Crippen LogP contribution in [0.5, 0.6) is 0 Å². The van der Waals surface area contributed by atoms with Gasteiger partial charge in [0.2, 0.25) is 5.91 Å². The van der Waals surface area contributed by atoms with Crippen LogP contribution in [0.3, 0.4) is 0 Å². The minimum atomic E-state index is -0.0316. The highest BCUT2D eigenvalue weighted by Gasteiger charge is 2.15. The summed E-state index contributed by atoms with van der Waals surface area (Å²) in [7, 11) is 0. The van der Waals surface area contributed by atoms with Crippen molar-refractivity contribution in [2.24, 2.45) is 0 Å². The molecule has 1 unspecified atom stereocenters. The highest BCUT2D eigenvalue weighted by molar-refractivity contribution is 7.99. The van der Waals surface area contributed by atoms with Gasteiger partial charge in [0.15, 0.2) is 10.8 Å². The van der Waals surface area contributed by atoms with Gasteiger partial charge >= 0.3 is 0 Å². The van der Waals surface area contributed by atoms with Gasteiger partial charge in [0.25, 0.3) is 0 Å². The molecule has 3 aromatic heterocycles. The number of carbonyl (C=O) groups is 1. The fourth-order valence-corrected chi connectivity index (χ4v) is 4.24. The summed E-state index contributed by atoms with van der Waals surface area (Å²) in [5.41, 5.74) is 1.62. The van der Waals surface area contributed by atoms with E-state index in [4.69, 9.17) is 0 Å². The Morgan fingerprint density at radius 2 is 2.12 bits per heavy atom. The Balaban J connectivity index is 1.55. The van der Waals surface area contributed by atoms with Crippen LogP contribution in [-0.2, 0) is 4.79 Å². The third-order valence-electron chi connectivity index (χ3n) is 3.94. The second kappa shape index (κ2) is 7.05. The summed E-state index contributed by atoms with van der Waals surface area (Å²) in [6.07, 6.45) is 0. The maximum Gasteiger partial charge on any atom is 0.230 e. The maximum absolute atomic E-state index is 12.3. The van der Waals surface area contributed by atoms with Crippen LogP contribution in [0.1, 0.15) is 23.7 Å². The van der Waals surface area contributed by atoms with E-state index in [0.29, 0.717) is 11.0 Å². The molecule has 0 aliphatic carbocycles. The molecule has 1 amide bonds. The number of aromatic nitrogens is 4. The van der Waals surface area contributed by atoms with Crippen LogP contribution in [0.4, 0.5) is 0 Å². The smallest absolute Gasteiger partial charge is 0.230 e. The van der Waals surface area contributed by atoms with Crippen molar-refractivity contribution in [1.29, 1.82) is 0 Å². The van der Waals surface area contributed by atoms with Crippen LogP contribution >= 0.6 is 23.1 Å². The molecule has 8 heteroatoms. The van der Waals surface area contributed by atoms with Crippen LogP contribution < -0.4 is 5.32 Å². The predicted octanol–water partition coefficient (Wildman–Crippen LogP) is 3.62. The Labute approximate surface area is 158 Å². The molecule has 4 aromatic rings. The Morgan fingerprint density at radius 3 is 2.92 bits per heavy atom. The number of aryl methyl sites for hydroxylation is 1. The Kier molecular flexibility index (Phi) is 4.60. The average molecular weight is 384 g/mol. The van der Waals surface area contributed by atoms with Crippen molar-refractivity contribution in [2.45, 2.75) is 25.0 Å². The molecule has 1 aromatic carbocycles. The second-order valence-electron chi connectivity index (χ2n) is 5.90. The third kappa shape index (κ3) is 3.30. The number of fused-ring (bicyclic) bond motifs is 3. The molecule has 26 heavy (non-hydrogen) atoms. The lowest BCUT2D eigenvalue weighted by Crippen LogP contribution is -2.27. The van der Waals surface area contributed by atoms with Gasteiger partial charge in [0.05, 0.1) is 17.3 Å². The number of para-hydroxylation sites is 1. The minimum Gasteiger partial charge on any atom is -0.348 e. The normalized spacial score (nSPS) is 12.5. The summed E-state index contributed by atoms with van der Waals surface area (Å²) in [4.78, 5) is 22.6. The number of carbonyl (C=O) groups excluding carboxylic acids is 1. The van der Waals surface area contributed by atoms with Gasteiger partial charge in [-0.25, -0.2) is 9.97 Å². The van der Waals surface area contributed by atoms with Crippen molar-refractivity contribution < 1.29 is 4.79 Å². The van der Waals surface area contributed by atoms with E-state index in [1.807, 2.05) is 55.6 Å². The zero-order valence-corrected chi connectivity index (χ0v) is 16.0. The molecule has 0 aliphatic heterocycles. The lowest BCUT2D eigenvalue weighted by atomic mass is 10.2.